The first-order valence-electron chi connectivity index (χ1n) is 18.9. The minimum atomic E-state index is -5.68. The first-order chi connectivity index (χ1) is 24.7. The second-order valence-corrected chi connectivity index (χ2v) is 18.6. The molecule has 8 nitrogen and oxygen atoms in total. The minimum Gasteiger partial charge on any atom is -0.420 e. The fourth-order valence-electron chi connectivity index (χ4n) is 10.0. The number of benzene rings is 2. The Balaban J connectivity index is 1.14. The van der Waals surface area contributed by atoms with Crippen LogP contribution < -0.4 is 4.74 Å². The van der Waals surface area contributed by atoms with E-state index in [0.717, 1.165) is 88.2 Å². The van der Waals surface area contributed by atoms with Gasteiger partial charge in [-0.3, -0.25) is 13.5 Å². The molecule has 7 rings (SSSR count). The second kappa shape index (κ2) is 14.9. The fraction of sp³-hybridized carbons (Fsp3) is 0.658. The number of hydrogen-bond acceptors (Lipinski definition) is 7. The summed E-state index contributed by atoms with van der Waals surface area (Å²) in [5.74, 6) is -13.6. The third-order valence-electron chi connectivity index (χ3n) is 12.6. The zero-order valence-corrected chi connectivity index (χ0v) is 30.7. The van der Waals surface area contributed by atoms with E-state index in [1.807, 2.05) is 0 Å². The normalized spacial score (nSPS) is 26.6. The summed E-state index contributed by atoms with van der Waals surface area (Å²) < 4.78 is 130. The van der Waals surface area contributed by atoms with Crippen LogP contribution in [-0.4, -0.2) is 33.5 Å². The molecule has 0 aromatic heterocycles. The summed E-state index contributed by atoms with van der Waals surface area (Å²) in [5.41, 5.74) is 3.02. The van der Waals surface area contributed by atoms with Crippen molar-refractivity contribution in [1.29, 1.82) is 0 Å². The van der Waals surface area contributed by atoms with E-state index in [0.29, 0.717) is 17.2 Å². The smallest absolute Gasteiger partial charge is 0.314 e. The number of fused-ring (bicyclic) bond motifs is 2. The average molecular weight is 771 g/mol. The van der Waals surface area contributed by atoms with Gasteiger partial charge in [0.05, 0.1) is 12.0 Å². The van der Waals surface area contributed by atoms with Crippen LogP contribution >= 0.6 is 0 Å². The summed E-state index contributed by atoms with van der Waals surface area (Å²) in [7, 11) is -9.94. The van der Waals surface area contributed by atoms with E-state index in [2.05, 4.69) is 12.1 Å². The lowest BCUT2D eigenvalue weighted by Crippen LogP contribution is -2.33. The summed E-state index contributed by atoms with van der Waals surface area (Å²) >= 11 is 0. The highest BCUT2D eigenvalue weighted by atomic mass is 32.2. The lowest BCUT2D eigenvalue weighted by molar-refractivity contribution is -0.141. The lowest BCUT2D eigenvalue weighted by atomic mass is 9.76. The number of hydrogen-bond donors (Lipinski definition) is 1. The SMILES string of the molecule is O=C(Oc1c(F)c(F)c(S(=O)(=O)O)c(F)c1F)C1CC2CC1CC2OS(=O)(=O)c1c(C2CCCCC2)cc(C2CCCCC2)cc1C1CCCCC1. The van der Waals surface area contributed by atoms with Crippen LogP contribution in [0, 0.1) is 41.0 Å². The molecule has 5 fully saturated rings. The summed E-state index contributed by atoms with van der Waals surface area (Å²) in [6.45, 7) is 0. The highest BCUT2D eigenvalue weighted by Crippen LogP contribution is 2.52. The van der Waals surface area contributed by atoms with Gasteiger partial charge >= 0.3 is 16.1 Å². The van der Waals surface area contributed by atoms with Crippen LogP contribution in [0.2, 0.25) is 0 Å². The summed E-state index contributed by atoms with van der Waals surface area (Å²) in [6.07, 6.45) is 15.7. The van der Waals surface area contributed by atoms with Crippen LogP contribution in [0.15, 0.2) is 21.9 Å². The van der Waals surface area contributed by atoms with Gasteiger partial charge in [0.15, 0.2) is 16.5 Å². The van der Waals surface area contributed by atoms with Crippen molar-refractivity contribution in [2.75, 3.05) is 0 Å². The molecule has 4 unspecified atom stereocenters. The number of esters is 1. The fourth-order valence-corrected chi connectivity index (χ4v) is 12.3. The third-order valence-corrected chi connectivity index (χ3v) is 14.9. The third kappa shape index (κ3) is 7.30. The molecule has 0 saturated heterocycles. The van der Waals surface area contributed by atoms with Gasteiger partial charge in [0.2, 0.25) is 17.4 Å². The molecule has 52 heavy (non-hydrogen) atoms. The van der Waals surface area contributed by atoms with Gasteiger partial charge in [-0.25, -0.2) is 8.78 Å². The Hall–Kier alpha value is -2.55. The van der Waals surface area contributed by atoms with Crippen LogP contribution in [0.1, 0.15) is 150 Å². The molecule has 5 aliphatic carbocycles. The number of carbonyl (C=O) groups excluding carboxylic acids is 1. The molecule has 4 atom stereocenters. The van der Waals surface area contributed by atoms with Crippen molar-refractivity contribution in [2.45, 2.75) is 149 Å². The predicted octanol–water partition coefficient (Wildman–Crippen LogP) is 9.36. The zero-order chi connectivity index (χ0) is 36.9. The van der Waals surface area contributed by atoms with Crippen molar-refractivity contribution in [3.05, 3.63) is 52.1 Å². The maximum Gasteiger partial charge on any atom is 0.314 e. The van der Waals surface area contributed by atoms with E-state index in [1.165, 1.54) is 24.8 Å². The molecule has 0 spiro atoms. The van der Waals surface area contributed by atoms with Crippen molar-refractivity contribution in [2.24, 2.45) is 17.8 Å². The quantitative estimate of drug-likeness (QED) is 0.0669. The van der Waals surface area contributed by atoms with Crippen molar-refractivity contribution in [1.82, 2.24) is 0 Å². The van der Waals surface area contributed by atoms with Crippen LogP contribution in [-0.2, 0) is 29.2 Å². The maximum atomic E-state index is 14.6. The van der Waals surface area contributed by atoms with E-state index >= 15 is 0 Å². The largest absolute Gasteiger partial charge is 0.420 e. The Morgan fingerprint density at radius 2 is 1.10 bits per heavy atom. The molecule has 2 aromatic rings. The van der Waals surface area contributed by atoms with Crippen LogP contribution in [0.4, 0.5) is 17.6 Å². The van der Waals surface area contributed by atoms with Gasteiger partial charge < -0.3 is 4.74 Å². The Bertz CT molecular complexity index is 1850. The molecule has 1 N–H and O–H groups in total. The number of carbonyl (C=O) groups is 1. The monoisotopic (exact) mass is 770 g/mol. The molecule has 0 radical (unpaired) electrons. The highest BCUT2D eigenvalue weighted by molar-refractivity contribution is 7.87. The first-order valence-corrected chi connectivity index (χ1v) is 21.8. The van der Waals surface area contributed by atoms with Gasteiger partial charge in [0.1, 0.15) is 4.90 Å². The van der Waals surface area contributed by atoms with E-state index in [-0.39, 0.29) is 24.7 Å². The summed E-state index contributed by atoms with van der Waals surface area (Å²) in [5, 5.41) is 0. The van der Waals surface area contributed by atoms with E-state index in [1.54, 1.807) is 0 Å². The van der Waals surface area contributed by atoms with Crippen molar-refractivity contribution in [3.63, 3.8) is 0 Å². The minimum absolute atomic E-state index is 0.0621. The topological polar surface area (TPSA) is 124 Å². The van der Waals surface area contributed by atoms with Gasteiger partial charge in [-0.1, -0.05) is 69.9 Å². The predicted molar refractivity (Wildman–Crippen MR) is 182 cm³/mol. The molecule has 0 amide bonds. The van der Waals surface area contributed by atoms with Crippen molar-refractivity contribution in [3.8, 4) is 5.75 Å². The highest BCUT2D eigenvalue weighted by Gasteiger charge is 2.52. The van der Waals surface area contributed by atoms with Crippen molar-refractivity contribution < 1.29 is 52.7 Å². The Kier molecular flexibility index (Phi) is 10.8. The Morgan fingerprint density at radius 3 is 1.54 bits per heavy atom. The molecule has 5 saturated carbocycles. The Labute approximate surface area is 302 Å². The van der Waals surface area contributed by atoms with Gasteiger partial charge in [-0.15, -0.1) is 0 Å². The molecule has 0 heterocycles. The first kappa shape index (κ1) is 37.8. The molecule has 5 aliphatic rings. The second-order valence-electron chi connectivity index (χ2n) is 15.8. The Morgan fingerprint density at radius 1 is 0.615 bits per heavy atom. The maximum absolute atomic E-state index is 14.6. The van der Waals surface area contributed by atoms with Crippen molar-refractivity contribution >= 4 is 26.2 Å². The van der Waals surface area contributed by atoms with Gasteiger partial charge in [-0.2, -0.15) is 25.6 Å². The zero-order valence-electron chi connectivity index (χ0n) is 29.1. The van der Waals surface area contributed by atoms with Crippen LogP contribution in [0.25, 0.3) is 0 Å². The molecule has 0 aliphatic heterocycles. The van der Waals surface area contributed by atoms with E-state index < -0.39 is 84.0 Å². The van der Waals surface area contributed by atoms with Crippen LogP contribution in [0.5, 0.6) is 5.75 Å². The molecular formula is C38H46F4O8S2. The van der Waals surface area contributed by atoms with E-state index in [4.69, 9.17) is 13.5 Å². The summed E-state index contributed by atoms with van der Waals surface area (Å²) in [6, 6.07) is 4.35. The van der Waals surface area contributed by atoms with Crippen LogP contribution in [0.3, 0.4) is 0 Å². The van der Waals surface area contributed by atoms with Gasteiger partial charge in [-0.05, 0) is 104 Å². The molecular weight excluding hydrogens is 725 g/mol. The number of ether oxygens (including phenoxy) is 1. The number of rotatable bonds is 9. The molecule has 2 bridgehead atoms. The standard InChI is InChI=1S/C38H46F4O8S2/c39-31-33(41)37(51(44,45)46)34(42)32(40)35(31)49-38(43)29-19-26-16-25(29)20-30(26)50-52(47,48)36-27(22-12-6-2-7-13-22)17-24(21-10-4-1-5-11-21)18-28(36)23-14-8-3-9-15-23/h17-18,21-23,25-26,29-30H,1-16,19-20H2,(H,44,45,46). The van der Waals surface area contributed by atoms with Gasteiger partial charge in [0, 0.05) is 0 Å². The molecule has 14 heteroatoms. The molecule has 2 aromatic carbocycles. The van der Waals surface area contributed by atoms with Gasteiger partial charge in [0.25, 0.3) is 10.1 Å². The summed E-state index contributed by atoms with van der Waals surface area (Å²) in [4.78, 5) is 11.2. The van der Waals surface area contributed by atoms with E-state index in [9.17, 15) is 39.2 Å². The number of halogens is 4. The molecule has 286 valence electrons. The average Bonchev–Trinajstić information content (AvgIpc) is 3.73. The lowest BCUT2D eigenvalue weighted by Gasteiger charge is -2.33.